The number of hydrogen-bond donors (Lipinski definition) is 4. The lowest BCUT2D eigenvalue weighted by molar-refractivity contribution is -0.130. The molecule has 8 heteroatoms. The van der Waals surface area contributed by atoms with Crippen molar-refractivity contribution in [1.82, 2.24) is 5.32 Å². The largest absolute Gasteiger partial charge is 0.387 e. The summed E-state index contributed by atoms with van der Waals surface area (Å²) in [7, 11) is -4.45. The van der Waals surface area contributed by atoms with Gasteiger partial charge in [-0.3, -0.25) is 9.35 Å². The van der Waals surface area contributed by atoms with Gasteiger partial charge in [0, 0.05) is 0 Å². The molecule has 7 nitrogen and oxygen atoms in total. The number of nitrogens with one attached hydrogen (secondary N) is 1. The van der Waals surface area contributed by atoms with Crippen LogP contribution in [0.2, 0.25) is 0 Å². The Morgan fingerprint density at radius 3 is 1.22 bits per heavy atom. The molecular weight excluding hydrogens is 695 g/mol. The third-order valence-corrected chi connectivity index (χ3v) is 11.5. The second kappa shape index (κ2) is 40.0. The number of allylic oxidation sites excluding steroid dienone is 3. The lowest BCUT2D eigenvalue weighted by atomic mass is 10.0. The number of rotatable bonds is 42. The molecule has 0 aliphatic rings. The Labute approximate surface area is 335 Å². The molecule has 0 aromatic rings. The second-order valence-electron chi connectivity index (χ2n) is 16.2. The highest BCUT2D eigenvalue weighted by molar-refractivity contribution is 7.85. The zero-order valence-electron chi connectivity index (χ0n) is 35.5. The Balaban J connectivity index is 3.98. The molecule has 0 spiro atoms. The van der Waals surface area contributed by atoms with Crippen molar-refractivity contribution in [2.45, 2.75) is 257 Å². The predicted molar refractivity (Wildman–Crippen MR) is 232 cm³/mol. The zero-order valence-corrected chi connectivity index (χ0v) is 36.3. The first-order chi connectivity index (χ1) is 26.2. The van der Waals surface area contributed by atoms with Gasteiger partial charge in [0.1, 0.15) is 6.10 Å². The van der Waals surface area contributed by atoms with Crippen molar-refractivity contribution in [3.63, 3.8) is 0 Å². The molecule has 4 N–H and O–H groups in total. The Hall–Kier alpha value is -1.22. The number of carbonyl (C=O) groups is 1. The van der Waals surface area contributed by atoms with Crippen molar-refractivity contribution in [3.8, 4) is 0 Å². The summed E-state index contributed by atoms with van der Waals surface area (Å²) in [5, 5.41) is 23.4. The van der Waals surface area contributed by atoms with E-state index in [9.17, 15) is 28.0 Å². The van der Waals surface area contributed by atoms with Gasteiger partial charge in [0.15, 0.2) is 0 Å². The standard InChI is InChI=1S/C46H89NO6S/c1-3-5-7-9-11-13-15-17-19-21-22-23-24-25-27-28-30-32-34-36-38-40-44(48)43(42-54(51,52)53)47-46(50)45(49)41-39-37-35-33-31-29-26-20-18-16-14-12-10-8-6-4-2/h30,32,38,40,43-45,48-49H,3-29,31,33-37,39,41-42H2,1-2H3,(H,47,50)(H,51,52,53)/b32-30+,40-38+. The summed E-state index contributed by atoms with van der Waals surface area (Å²) >= 11 is 0. The summed E-state index contributed by atoms with van der Waals surface area (Å²) in [6, 6.07) is -1.25. The summed E-state index contributed by atoms with van der Waals surface area (Å²) in [5.74, 6) is -1.55. The van der Waals surface area contributed by atoms with Crippen molar-refractivity contribution >= 4 is 16.0 Å². The van der Waals surface area contributed by atoms with Gasteiger partial charge in [0.2, 0.25) is 5.91 Å². The van der Waals surface area contributed by atoms with Gasteiger partial charge in [-0.25, -0.2) is 0 Å². The van der Waals surface area contributed by atoms with Crippen molar-refractivity contribution < 1.29 is 28.0 Å². The monoisotopic (exact) mass is 784 g/mol. The van der Waals surface area contributed by atoms with Crippen LogP contribution >= 0.6 is 0 Å². The molecule has 0 aromatic heterocycles. The van der Waals surface area contributed by atoms with Crippen LogP contribution in [-0.2, 0) is 14.9 Å². The normalized spacial score (nSPS) is 13.9. The van der Waals surface area contributed by atoms with E-state index < -0.39 is 40.0 Å². The van der Waals surface area contributed by atoms with Crippen molar-refractivity contribution in [2.24, 2.45) is 0 Å². The fraction of sp³-hybridized carbons (Fsp3) is 0.891. The van der Waals surface area contributed by atoms with E-state index in [0.29, 0.717) is 12.8 Å². The van der Waals surface area contributed by atoms with Gasteiger partial charge in [-0.15, -0.1) is 0 Å². The van der Waals surface area contributed by atoms with Crippen LogP contribution in [0.15, 0.2) is 24.3 Å². The number of aliphatic hydroxyl groups is 2. The molecule has 0 saturated heterocycles. The Morgan fingerprint density at radius 2 is 0.833 bits per heavy atom. The lowest BCUT2D eigenvalue weighted by Gasteiger charge is -2.22. The van der Waals surface area contributed by atoms with Gasteiger partial charge in [-0.2, -0.15) is 8.42 Å². The van der Waals surface area contributed by atoms with E-state index in [1.54, 1.807) is 6.08 Å². The Kier molecular flexibility index (Phi) is 39.1. The molecule has 0 saturated carbocycles. The van der Waals surface area contributed by atoms with Crippen molar-refractivity contribution in [3.05, 3.63) is 24.3 Å². The number of hydrogen-bond acceptors (Lipinski definition) is 5. The van der Waals surface area contributed by atoms with Crippen LogP contribution in [0.25, 0.3) is 0 Å². The molecule has 0 rings (SSSR count). The van der Waals surface area contributed by atoms with Crippen LogP contribution < -0.4 is 5.32 Å². The van der Waals surface area contributed by atoms with Gasteiger partial charge < -0.3 is 15.5 Å². The quantitative estimate of drug-likeness (QED) is 0.0278. The minimum atomic E-state index is -4.45. The van der Waals surface area contributed by atoms with Crippen LogP contribution in [0.5, 0.6) is 0 Å². The maximum absolute atomic E-state index is 12.6. The molecule has 1 amide bonds. The number of unbranched alkanes of at least 4 members (excludes halogenated alkanes) is 31. The molecule has 3 atom stereocenters. The van der Waals surface area contributed by atoms with E-state index in [4.69, 9.17) is 0 Å². The van der Waals surface area contributed by atoms with E-state index in [2.05, 4.69) is 31.3 Å². The van der Waals surface area contributed by atoms with Crippen LogP contribution in [0.3, 0.4) is 0 Å². The molecule has 0 heterocycles. The lowest BCUT2D eigenvalue weighted by Crippen LogP contribution is -2.50. The predicted octanol–water partition coefficient (Wildman–Crippen LogP) is 12.9. The molecule has 0 aliphatic carbocycles. The number of aliphatic hydroxyl groups excluding tert-OH is 2. The summed E-state index contributed by atoms with van der Waals surface area (Å²) < 4.78 is 32.6. The van der Waals surface area contributed by atoms with E-state index in [0.717, 1.165) is 32.1 Å². The molecule has 0 aromatic carbocycles. The minimum absolute atomic E-state index is 0.278. The summed E-state index contributed by atoms with van der Waals surface area (Å²) in [6.45, 7) is 4.53. The smallest absolute Gasteiger partial charge is 0.267 e. The average Bonchev–Trinajstić information content (AvgIpc) is 3.14. The number of carbonyl (C=O) groups excluding carboxylic acids is 1. The minimum Gasteiger partial charge on any atom is -0.387 e. The maximum Gasteiger partial charge on any atom is 0.267 e. The topological polar surface area (TPSA) is 124 Å². The van der Waals surface area contributed by atoms with E-state index in [1.807, 2.05) is 0 Å². The third-order valence-electron chi connectivity index (χ3n) is 10.7. The molecular formula is C46H89NO6S. The highest BCUT2D eigenvalue weighted by atomic mass is 32.2. The van der Waals surface area contributed by atoms with Crippen molar-refractivity contribution in [2.75, 3.05) is 5.75 Å². The first-order valence-electron chi connectivity index (χ1n) is 23.1. The highest BCUT2D eigenvalue weighted by Gasteiger charge is 2.27. The molecule has 3 unspecified atom stereocenters. The molecule has 0 aliphatic heterocycles. The van der Waals surface area contributed by atoms with Gasteiger partial charge in [-0.1, -0.05) is 231 Å². The summed E-state index contributed by atoms with van der Waals surface area (Å²) in [6.07, 6.45) is 48.1. The van der Waals surface area contributed by atoms with Gasteiger partial charge >= 0.3 is 0 Å². The first kappa shape index (κ1) is 52.8. The maximum atomic E-state index is 12.6. The van der Waals surface area contributed by atoms with Crippen LogP contribution in [0, 0.1) is 0 Å². The average molecular weight is 784 g/mol. The molecule has 0 bridgehead atoms. The third kappa shape index (κ3) is 39.0. The zero-order chi connectivity index (χ0) is 39.8. The molecule has 0 radical (unpaired) electrons. The number of amides is 1. The second-order valence-corrected chi connectivity index (χ2v) is 17.7. The molecule has 54 heavy (non-hydrogen) atoms. The van der Waals surface area contributed by atoms with Crippen LogP contribution in [0.4, 0.5) is 0 Å². The first-order valence-corrected chi connectivity index (χ1v) is 24.8. The van der Waals surface area contributed by atoms with Crippen LogP contribution in [-0.4, -0.2) is 53.1 Å². The van der Waals surface area contributed by atoms with Gasteiger partial charge in [-0.05, 0) is 32.1 Å². The van der Waals surface area contributed by atoms with Gasteiger partial charge in [0.05, 0.1) is 17.9 Å². The van der Waals surface area contributed by atoms with E-state index >= 15 is 0 Å². The Morgan fingerprint density at radius 1 is 0.500 bits per heavy atom. The summed E-state index contributed by atoms with van der Waals surface area (Å²) in [4.78, 5) is 12.6. The fourth-order valence-corrected chi connectivity index (χ4v) is 7.91. The fourth-order valence-electron chi connectivity index (χ4n) is 7.18. The van der Waals surface area contributed by atoms with E-state index in [1.165, 1.54) is 179 Å². The summed E-state index contributed by atoms with van der Waals surface area (Å²) in [5.41, 5.74) is 0. The Bertz CT molecular complexity index is 968. The van der Waals surface area contributed by atoms with Crippen molar-refractivity contribution in [1.29, 1.82) is 0 Å². The highest BCUT2D eigenvalue weighted by Crippen LogP contribution is 2.16. The molecule has 0 fully saturated rings. The van der Waals surface area contributed by atoms with E-state index in [-0.39, 0.29) is 6.42 Å². The SMILES string of the molecule is CCCCCCCCCCCCCCCCC/C=C/CC/C=C/C(O)C(CS(=O)(=O)O)NC(=O)C(O)CCCCCCCCCCCCCCCCCC. The van der Waals surface area contributed by atoms with Crippen LogP contribution in [0.1, 0.15) is 239 Å². The van der Waals surface area contributed by atoms with Gasteiger partial charge in [0.25, 0.3) is 10.1 Å². The molecule has 320 valence electrons.